The Labute approximate surface area is 162 Å². The van der Waals surface area contributed by atoms with Crippen molar-refractivity contribution in [2.45, 2.75) is 83.6 Å². The van der Waals surface area contributed by atoms with Crippen molar-refractivity contribution in [1.29, 1.82) is 0 Å². The minimum absolute atomic E-state index is 0.208. The number of imide groups is 1. The van der Waals surface area contributed by atoms with Gasteiger partial charge in [0, 0.05) is 0 Å². The third-order valence-corrected chi connectivity index (χ3v) is 5.47. The van der Waals surface area contributed by atoms with Crippen LogP contribution in [0.4, 0.5) is 0 Å². The first-order valence-corrected chi connectivity index (χ1v) is 10.2. The summed E-state index contributed by atoms with van der Waals surface area (Å²) in [5.41, 5.74) is 0.988. The van der Waals surface area contributed by atoms with E-state index in [1.54, 1.807) is 24.3 Å². The number of amides is 2. The van der Waals surface area contributed by atoms with Gasteiger partial charge in [-0.25, -0.2) is 0 Å². The van der Waals surface area contributed by atoms with E-state index in [1.165, 1.54) is 30.6 Å². The topological polar surface area (TPSA) is 55.8 Å². The van der Waals surface area contributed by atoms with Crippen LogP contribution in [0.3, 0.4) is 0 Å². The number of ether oxygens (including phenoxy) is 2. The number of carbonyl (C=O) groups is 2. The molecule has 1 aromatic rings. The van der Waals surface area contributed by atoms with Gasteiger partial charge in [-0.3, -0.25) is 14.5 Å². The smallest absolute Gasteiger partial charge is 0.261 e. The fourth-order valence-corrected chi connectivity index (χ4v) is 4.03. The highest BCUT2D eigenvalue weighted by Crippen LogP contribution is 2.33. The molecular weight excluding hydrogens is 342 g/mol. The zero-order chi connectivity index (χ0) is 19.4. The molecule has 0 saturated carbocycles. The number of carbonyl (C=O) groups excluding carboxylic acids is 2. The van der Waals surface area contributed by atoms with Crippen LogP contribution in [0.1, 0.15) is 86.4 Å². The molecule has 1 aromatic carbocycles. The molecule has 0 aliphatic carbocycles. The molecule has 2 atom stereocenters. The van der Waals surface area contributed by atoms with E-state index in [-0.39, 0.29) is 24.0 Å². The molecule has 148 valence electrons. The van der Waals surface area contributed by atoms with E-state index in [1.807, 2.05) is 13.8 Å². The van der Waals surface area contributed by atoms with Gasteiger partial charge < -0.3 is 9.47 Å². The first-order chi connectivity index (χ1) is 12.9. The number of rotatable bonds is 9. The highest BCUT2D eigenvalue weighted by Gasteiger charge is 2.46. The molecule has 0 N–H and O–H groups in total. The molecule has 0 radical (unpaired) electrons. The van der Waals surface area contributed by atoms with Crippen LogP contribution in [0.15, 0.2) is 24.3 Å². The largest absolute Gasteiger partial charge is 0.348 e. The third kappa shape index (κ3) is 4.41. The molecule has 5 nitrogen and oxygen atoms in total. The lowest BCUT2D eigenvalue weighted by Crippen LogP contribution is -2.48. The zero-order valence-electron chi connectivity index (χ0n) is 16.7. The minimum Gasteiger partial charge on any atom is -0.348 e. The van der Waals surface area contributed by atoms with Crippen LogP contribution in [0.2, 0.25) is 0 Å². The average Bonchev–Trinajstić information content (AvgIpc) is 3.13. The van der Waals surface area contributed by atoms with Gasteiger partial charge >= 0.3 is 0 Å². The van der Waals surface area contributed by atoms with Gasteiger partial charge in [-0.2, -0.15) is 0 Å². The van der Waals surface area contributed by atoms with Gasteiger partial charge in [0.1, 0.15) is 6.10 Å². The van der Waals surface area contributed by atoms with Crippen molar-refractivity contribution < 1.29 is 19.1 Å². The van der Waals surface area contributed by atoms with Gasteiger partial charge in [0.05, 0.1) is 23.8 Å². The predicted molar refractivity (Wildman–Crippen MR) is 104 cm³/mol. The first-order valence-electron chi connectivity index (χ1n) is 10.2. The highest BCUT2D eigenvalue weighted by atomic mass is 16.7. The second kappa shape index (κ2) is 8.53. The van der Waals surface area contributed by atoms with E-state index in [9.17, 15) is 9.59 Å². The maximum atomic E-state index is 12.9. The molecule has 0 aromatic heterocycles. The zero-order valence-corrected chi connectivity index (χ0v) is 16.7. The Hall–Kier alpha value is -1.72. The Kier molecular flexibility index (Phi) is 6.33. The molecule has 2 heterocycles. The van der Waals surface area contributed by atoms with Crippen LogP contribution in [0.5, 0.6) is 0 Å². The maximum absolute atomic E-state index is 12.9. The van der Waals surface area contributed by atoms with Crippen LogP contribution in [-0.2, 0) is 9.47 Å². The molecule has 0 unspecified atom stereocenters. The number of hydrogen-bond donors (Lipinski definition) is 0. The summed E-state index contributed by atoms with van der Waals surface area (Å²) in [5.74, 6) is -1.09. The van der Waals surface area contributed by atoms with Crippen molar-refractivity contribution in [2.24, 2.45) is 0 Å². The number of benzene rings is 1. The second-order valence-corrected chi connectivity index (χ2v) is 8.02. The molecule has 27 heavy (non-hydrogen) atoms. The fraction of sp³-hybridized carbons (Fsp3) is 0.636. The SMILES string of the molecule is CCCCCCCC[C@H]([C@H]1COC(C)(C)O1)N1C(=O)c2ccccc2C1=O. The normalized spacial score (nSPS) is 22.3. The molecule has 3 rings (SSSR count). The number of unbranched alkanes of at least 4 members (excludes halogenated alkanes) is 5. The van der Waals surface area contributed by atoms with Crippen molar-refractivity contribution in [3.8, 4) is 0 Å². The van der Waals surface area contributed by atoms with E-state index in [0.717, 1.165) is 19.3 Å². The number of fused-ring (bicyclic) bond motifs is 1. The van der Waals surface area contributed by atoms with Crippen LogP contribution < -0.4 is 0 Å². The van der Waals surface area contributed by atoms with Crippen molar-refractivity contribution in [3.05, 3.63) is 35.4 Å². The maximum Gasteiger partial charge on any atom is 0.261 e. The van der Waals surface area contributed by atoms with Gasteiger partial charge in [0.15, 0.2) is 5.79 Å². The molecule has 5 heteroatoms. The quantitative estimate of drug-likeness (QED) is 0.470. The summed E-state index contributed by atoms with van der Waals surface area (Å²) < 4.78 is 11.8. The van der Waals surface area contributed by atoms with Gasteiger partial charge in [-0.15, -0.1) is 0 Å². The first kappa shape index (κ1) is 20.0. The van der Waals surface area contributed by atoms with E-state index in [4.69, 9.17) is 9.47 Å². The molecule has 2 aliphatic rings. The summed E-state index contributed by atoms with van der Waals surface area (Å²) in [5, 5.41) is 0. The lowest BCUT2D eigenvalue weighted by molar-refractivity contribution is -0.144. The summed E-state index contributed by atoms with van der Waals surface area (Å²) in [6.45, 7) is 6.35. The Morgan fingerprint density at radius 1 is 1.04 bits per heavy atom. The summed E-state index contributed by atoms with van der Waals surface area (Å²) in [4.78, 5) is 27.3. The molecule has 0 spiro atoms. The molecular formula is C22H31NO4. The van der Waals surface area contributed by atoms with Gasteiger partial charge in [-0.1, -0.05) is 57.6 Å². The third-order valence-electron chi connectivity index (χ3n) is 5.47. The lowest BCUT2D eigenvalue weighted by Gasteiger charge is -2.31. The van der Waals surface area contributed by atoms with Crippen LogP contribution in [0, 0.1) is 0 Å². The van der Waals surface area contributed by atoms with Gasteiger partial charge in [-0.05, 0) is 32.4 Å². The Morgan fingerprint density at radius 2 is 1.63 bits per heavy atom. The summed E-state index contributed by atoms with van der Waals surface area (Å²) in [7, 11) is 0. The van der Waals surface area contributed by atoms with Crippen molar-refractivity contribution in [2.75, 3.05) is 6.61 Å². The standard InChI is InChI=1S/C22H31NO4/c1-4-5-6-7-8-9-14-18(19-15-26-22(2,3)27-19)23-20(24)16-12-10-11-13-17(16)21(23)25/h10-13,18-19H,4-9,14-15H2,1-3H3/t18-,19-/m1/s1. The molecule has 2 amide bonds. The van der Waals surface area contributed by atoms with Crippen molar-refractivity contribution in [3.63, 3.8) is 0 Å². The molecule has 0 bridgehead atoms. The minimum atomic E-state index is -0.678. The number of hydrogen-bond acceptors (Lipinski definition) is 4. The monoisotopic (exact) mass is 373 g/mol. The average molecular weight is 373 g/mol. The Bertz CT molecular complexity index is 650. The molecule has 1 fully saturated rings. The van der Waals surface area contributed by atoms with Gasteiger partial charge in [0.25, 0.3) is 11.8 Å². The Morgan fingerprint density at radius 3 is 2.19 bits per heavy atom. The van der Waals surface area contributed by atoms with Crippen LogP contribution >= 0.6 is 0 Å². The Balaban J connectivity index is 1.72. The van der Waals surface area contributed by atoms with Crippen molar-refractivity contribution >= 4 is 11.8 Å². The highest BCUT2D eigenvalue weighted by molar-refractivity contribution is 6.21. The summed E-state index contributed by atoms with van der Waals surface area (Å²) in [6.07, 6.45) is 7.47. The predicted octanol–water partition coefficient (Wildman–Crippen LogP) is 4.55. The van der Waals surface area contributed by atoms with E-state index in [0.29, 0.717) is 17.7 Å². The lowest BCUT2D eigenvalue weighted by atomic mass is 10.0. The summed E-state index contributed by atoms with van der Waals surface area (Å²) >= 11 is 0. The molecule has 2 aliphatic heterocycles. The summed E-state index contributed by atoms with van der Waals surface area (Å²) in [6, 6.07) is 6.77. The van der Waals surface area contributed by atoms with Crippen LogP contribution in [0.25, 0.3) is 0 Å². The fourth-order valence-electron chi connectivity index (χ4n) is 4.03. The van der Waals surface area contributed by atoms with E-state index < -0.39 is 5.79 Å². The van der Waals surface area contributed by atoms with Gasteiger partial charge in [0.2, 0.25) is 0 Å². The van der Waals surface area contributed by atoms with Crippen molar-refractivity contribution in [1.82, 2.24) is 4.90 Å². The van der Waals surface area contributed by atoms with E-state index in [2.05, 4.69) is 6.92 Å². The second-order valence-electron chi connectivity index (χ2n) is 8.02. The number of nitrogens with zero attached hydrogens (tertiary/aromatic N) is 1. The molecule has 1 saturated heterocycles. The van der Waals surface area contributed by atoms with Crippen LogP contribution in [-0.4, -0.2) is 41.3 Å². The van der Waals surface area contributed by atoms with E-state index >= 15 is 0 Å².